The molecule has 0 radical (unpaired) electrons. The molecule has 7 nitrogen and oxygen atoms in total. The summed E-state index contributed by atoms with van der Waals surface area (Å²) in [5.74, 6) is 0.429. The van der Waals surface area contributed by atoms with Crippen LogP contribution < -0.4 is 10.1 Å². The summed E-state index contributed by atoms with van der Waals surface area (Å²) >= 11 is 0. The van der Waals surface area contributed by atoms with Gasteiger partial charge in [0, 0.05) is 30.6 Å². The second kappa shape index (κ2) is 12.4. The Kier molecular flexibility index (Phi) is 8.76. The van der Waals surface area contributed by atoms with Crippen molar-refractivity contribution in [1.82, 2.24) is 4.90 Å². The van der Waals surface area contributed by atoms with Gasteiger partial charge in [0.25, 0.3) is 0 Å². The van der Waals surface area contributed by atoms with Crippen molar-refractivity contribution in [3.05, 3.63) is 59.7 Å². The highest BCUT2D eigenvalue weighted by Gasteiger charge is 2.25. The molecule has 2 aliphatic rings. The Morgan fingerprint density at radius 1 is 0.971 bits per heavy atom. The van der Waals surface area contributed by atoms with Crippen LogP contribution in [0.25, 0.3) is 0 Å². The molecule has 0 spiro atoms. The Balaban J connectivity index is 1.25. The first-order valence-electron chi connectivity index (χ1n) is 12.7. The fraction of sp³-hybridized carbons (Fsp3) is 0.464. The molecule has 7 heteroatoms. The van der Waals surface area contributed by atoms with Crippen LogP contribution >= 0.6 is 0 Å². The highest BCUT2D eigenvalue weighted by atomic mass is 16.5. The van der Waals surface area contributed by atoms with E-state index in [9.17, 15) is 14.4 Å². The first-order valence-corrected chi connectivity index (χ1v) is 12.7. The van der Waals surface area contributed by atoms with Crippen molar-refractivity contribution >= 4 is 23.5 Å². The van der Waals surface area contributed by atoms with Crippen LogP contribution in [0.3, 0.4) is 0 Å². The largest absolute Gasteiger partial charge is 0.494 e. The van der Waals surface area contributed by atoms with E-state index in [-0.39, 0.29) is 30.4 Å². The summed E-state index contributed by atoms with van der Waals surface area (Å²) < 4.78 is 11.3. The lowest BCUT2D eigenvalue weighted by Gasteiger charge is -2.34. The Bertz CT molecular complexity index is 1020. The summed E-state index contributed by atoms with van der Waals surface area (Å²) in [7, 11) is 0. The number of hydrogen-bond acceptors (Lipinski definition) is 5. The highest BCUT2D eigenvalue weighted by molar-refractivity contribution is 5.94. The average molecular weight is 479 g/mol. The maximum absolute atomic E-state index is 13.1. The molecule has 0 unspecified atom stereocenters. The summed E-state index contributed by atoms with van der Waals surface area (Å²) in [6, 6.07) is 14.9. The van der Waals surface area contributed by atoms with Crippen LogP contribution in [0.1, 0.15) is 67.3 Å². The van der Waals surface area contributed by atoms with Gasteiger partial charge < -0.3 is 19.7 Å². The number of fused-ring (bicyclic) bond motifs is 1. The van der Waals surface area contributed by atoms with E-state index in [0.29, 0.717) is 43.7 Å². The molecule has 186 valence electrons. The fourth-order valence-corrected chi connectivity index (χ4v) is 4.80. The molecule has 2 amide bonds. The van der Waals surface area contributed by atoms with Crippen molar-refractivity contribution in [3.8, 4) is 5.75 Å². The minimum atomic E-state index is -0.365. The van der Waals surface area contributed by atoms with E-state index in [2.05, 4.69) is 5.32 Å². The number of anilines is 1. The van der Waals surface area contributed by atoms with Gasteiger partial charge in [-0.15, -0.1) is 0 Å². The molecule has 1 fully saturated rings. The number of amides is 2. The molecule has 0 atom stereocenters. The average Bonchev–Trinajstić information content (AvgIpc) is 2.89. The van der Waals surface area contributed by atoms with Crippen molar-refractivity contribution in [1.29, 1.82) is 0 Å². The van der Waals surface area contributed by atoms with E-state index >= 15 is 0 Å². The molecule has 4 rings (SSSR count). The molecule has 1 heterocycles. The lowest BCUT2D eigenvalue weighted by molar-refractivity contribution is -0.135. The molecule has 1 N–H and O–H groups in total. The molecular weight excluding hydrogens is 444 g/mol. The topological polar surface area (TPSA) is 84.9 Å². The molecule has 2 aromatic rings. The molecule has 0 saturated heterocycles. The van der Waals surface area contributed by atoms with Gasteiger partial charge in [0.2, 0.25) is 11.8 Å². The molecule has 1 saturated carbocycles. The predicted octanol–water partition coefficient (Wildman–Crippen LogP) is 4.75. The zero-order chi connectivity index (χ0) is 24.5. The van der Waals surface area contributed by atoms with Crippen LogP contribution in [-0.2, 0) is 20.7 Å². The SMILES string of the molecule is O=C1CCc2ccc(OCCCC(=O)N(CCOC(=O)c3ccccc3)C3CCCCC3)cc2N1. The summed E-state index contributed by atoms with van der Waals surface area (Å²) in [5, 5.41) is 2.88. The quantitative estimate of drug-likeness (QED) is 0.394. The number of esters is 1. The maximum Gasteiger partial charge on any atom is 0.338 e. The van der Waals surface area contributed by atoms with Gasteiger partial charge in [0.15, 0.2) is 0 Å². The van der Waals surface area contributed by atoms with Crippen molar-refractivity contribution in [2.24, 2.45) is 0 Å². The van der Waals surface area contributed by atoms with Crippen LogP contribution in [0.15, 0.2) is 48.5 Å². The van der Waals surface area contributed by atoms with Crippen molar-refractivity contribution in [2.75, 3.05) is 25.1 Å². The Labute approximate surface area is 206 Å². The molecule has 35 heavy (non-hydrogen) atoms. The number of benzene rings is 2. The van der Waals surface area contributed by atoms with Gasteiger partial charge in [-0.25, -0.2) is 4.79 Å². The van der Waals surface area contributed by atoms with Gasteiger partial charge in [0.1, 0.15) is 12.4 Å². The van der Waals surface area contributed by atoms with Crippen molar-refractivity contribution < 1.29 is 23.9 Å². The van der Waals surface area contributed by atoms with E-state index in [1.807, 2.05) is 29.2 Å². The van der Waals surface area contributed by atoms with Crippen LogP contribution in [-0.4, -0.2) is 48.5 Å². The van der Waals surface area contributed by atoms with E-state index in [0.717, 1.165) is 43.4 Å². The maximum atomic E-state index is 13.1. The summed E-state index contributed by atoms with van der Waals surface area (Å²) in [6.45, 7) is 1.01. The first kappa shape index (κ1) is 24.8. The van der Waals surface area contributed by atoms with E-state index in [1.165, 1.54) is 6.42 Å². The third-order valence-electron chi connectivity index (χ3n) is 6.69. The lowest BCUT2D eigenvalue weighted by Crippen LogP contribution is -2.43. The number of carbonyl (C=O) groups excluding carboxylic acids is 3. The van der Waals surface area contributed by atoms with Crippen molar-refractivity contribution in [2.45, 2.75) is 63.8 Å². The van der Waals surface area contributed by atoms with Crippen LogP contribution in [0.5, 0.6) is 5.75 Å². The number of aryl methyl sites for hydroxylation is 1. The van der Waals surface area contributed by atoms with E-state index < -0.39 is 0 Å². The monoisotopic (exact) mass is 478 g/mol. The molecule has 0 bridgehead atoms. The fourth-order valence-electron chi connectivity index (χ4n) is 4.80. The third kappa shape index (κ3) is 7.07. The lowest BCUT2D eigenvalue weighted by atomic mass is 9.94. The summed E-state index contributed by atoms with van der Waals surface area (Å²) in [5.41, 5.74) is 2.44. The Morgan fingerprint density at radius 3 is 2.57 bits per heavy atom. The summed E-state index contributed by atoms with van der Waals surface area (Å²) in [6.07, 6.45) is 7.67. The zero-order valence-corrected chi connectivity index (χ0v) is 20.2. The number of rotatable bonds is 10. The number of carbonyl (C=O) groups is 3. The first-order chi connectivity index (χ1) is 17.1. The van der Waals surface area contributed by atoms with Gasteiger partial charge in [0.05, 0.1) is 18.7 Å². The van der Waals surface area contributed by atoms with Crippen LogP contribution in [0.4, 0.5) is 5.69 Å². The highest BCUT2D eigenvalue weighted by Crippen LogP contribution is 2.27. The summed E-state index contributed by atoms with van der Waals surface area (Å²) in [4.78, 5) is 38.9. The smallest absolute Gasteiger partial charge is 0.338 e. The Hall–Kier alpha value is -3.35. The van der Waals surface area contributed by atoms with E-state index in [4.69, 9.17) is 9.47 Å². The number of ether oxygens (including phenoxy) is 2. The second-order valence-electron chi connectivity index (χ2n) is 9.20. The van der Waals surface area contributed by atoms with Crippen LogP contribution in [0.2, 0.25) is 0 Å². The van der Waals surface area contributed by atoms with Crippen LogP contribution in [0, 0.1) is 0 Å². The predicted molar refractivity (Wildman–Crippen MR) is 133 cm³/mol. The molecular formula is C28H34N2O5. The number of nitrogens with one attached hydrogen (secondary N) is 1. The van der Waals surface area contributed by atoms with Gasteiger partial charge in [-0.05, 0) is 49.4 Å². The Morgan fingerprint density at radius 2 is 1.77 bits per heavy atom. The number of nitrogens with zero attached hydrogens (tertiary/aromatic N) is 1. The number of hydrogen-bond donors (Lipinski definition) is 1. The van der Waals surface area contributed by atoms with Gasteiger partial charge >= 0.3 is 5.97 Å². The van der Waals surface area contributed by atoms with Gasteiger partial charge in [-0.1, -0.05) is 43.5 Å². The van der Waals surface area contributed by atoms with Gasteiger partial charge in [-0.3, -0.25) is 9.59 Å². The molecule has 1 aliphatic carbocycles. The second-order valence-corrected chi connectivity index (χ2v) is 9.20. The molecule has 1 aliphatic heterocycles. The zero-order valence-electron chi connectivity index (χ0n) is 20.2. The minimum absolute atomic E-state index is 0.0255. The molecule has 2 aromatic carbocycles. The normalized spacial score (nSPS) is 15.6. The van der Waals surface area contributed by atoms with Crippen molar-refractivity contribution in [3.63, 3.8) is 0 Å². The third-order valence-corrected chi connectivity index (χ3v) is 6.69. The van der Waals surface area contributed by atoms with Gasteiger partial charge in [-0.2, -0.15) is 0 Å². The standard InChI is InChI=1S/C28H34N2O5/c31-26-16-14-21-13-15-24(20-25(21)29-26)34-18-7-12-27(32)30(23-10-5-2-6-11-23)17-19-35-28(33)22-8-3-1-4-9-22/h1,3-4,8-9,13,15,20,23H,2,5-7,10-12,14,16-19H2,(H,29,31). The van der Waals surface area contributed by atoms with E-state index in [1.54, 1.807) is 24.3 Å². The molecule has 0 aromatic heterocycles. The minimum Gasteiger partial charge on any atom is -0.494 e.